The monoisotopic (exact) mass is 476 g/mol. The molecular formula is C21H20N2O7S2. The lowest BCUT2D eigenvalue weighted by molar-refractivity contribution is 0.0600. The highest BCUT2D eigenvalue weighted by atomic mass is 32.2. The first-order chi connectivity index (χ1) is 15.2. The van der Waals surface area contributed by atoms with Crippen molar-refractivity contribution in [3.05, 3.63) is 78.4 Å². The van der Waals surface area contributed by atoms with Crippen LogP contribution < -0.4 is 14.2 Å². The van der Waals surface area contributed by atoms with Gasteiger partial charge in [0.2, 0.25) is 0 Å². The standard InChI is InChI=1S/C21H20N2O7S2/c1-29-20-9-4-3-8-19(20)23-32(27,28)18-7-5-6-16(14-18)22-31(25,26)17-12-10-15(11-13-17)21(24)30-2/h3-14,22-23H,1-2H3. The molecule has 32 heavy (non-hydrogen) atoms. The number of carbonyl (C=O) groups excluding carboxylic acids is 1. The van der Waals surface area contributed by atoms with E-state index < -0.39 is 26.0 Å². The van der Waals surface area contributed by atoms with Crippen LogP contribution in [0, 0.1) is 0 Å². The molecule has 0 bridgehead atoms. The minimum atomic E-state index is -4.03. The maximum Gasteiger partial charge on any atom is 0.337 e. The molecule has 3 aromatic rings. The van der Waals surface area contributed by atoms with Crippen molar-refractivity contribution in [1.82, 2.24) is 0 Å². The number of rotatable bonds is 8. The van der Waals surface area contributed by atoms with Gasteiger partial charge >= 0.3 is 5.97 Å². The smallest absolute Gasteiger partial charge is 0.337 e. The molecule has 3 aromatic carbocycles. The molecule has 3 rings (SSSR count). The molecule has 11 heteroatoms. The van der Waals surface area contributed by atoms with Gasteiger partial charge in [-0.05, 0) is 54.6 Å². The summed E-state index contributed by atoms with van der Waals surface area (Å²) in [6, 6.07) is 17.0. The van der Waals surface area contributed by atoms with Crippen molar-refractivity contribution in [1.29, 1.82) is 0 Å². The average Bonchev–Trinajstić information content (AvgIpc) is 2.78. The second-order valence-electron chi connectivity index (χ2n) is 6.46. The SMILES string of the molecule is COC(=O)c1ccc(S(=O)(=O)Nc2cccc(S(=O)(=O)Nc3ccccc3OC)c2)cc1. The van der Waals surface area contributed by atoms with Crippen LogP contribution in [0.5, 0.6) is 5.75 Å². The summed E-state index contributed by atoms with van der Waals surface area (Å²) in [5.74, 6) is -0.259. The predicted molar refractivity (Wildman–Crippen MR) is 119 cm³/mol. The van der Waals surface area contributed by atoms with Gasteiger partial charge in [0.05, 0.1) is 40.9 Å². The number of benzene rings is 3. The van der Waals surface area contributed by atoms with Crippen LogP contribution in [0.25, 0.3) is 0 Å². The minimum Gasteiger partial charge on any atom is -0.495 e. The fourth-order valence-corrected chi connectivity index (χ4v) is 4.93. The van der Waals surface area contributed by atoms with E-state index in [1.165, 1.54) is 62.8 Å². The summed E-state index contributed by atoms with van der Waals surface area (Å²) in [6.07, 6.45) is 0. The fourth-order valence-electron chi connectivity index (χ4n) is 2.76. The van der Waals surface area contributed by atoms with Crippen LogP contribution in [-0.4, -0.2) is 37.0 Å². The molecule has 9 nitrogen and oxygen atoms in total. The Morgan fingerprint density at radius 2 is 1.41 bits per heavy atom. The van der Waals surface area contributed by atoms with Gasteiger partial charge in [-0.15, -0.1) is 0 Å². The van der Waals surface area contributed by atoms with Crippen molar-refractivity contribution in [2.75, 3.05) is 23.7 Å². The lowest BCUT2D eigenvalue weighted by Crippen LogP contribution is -2.16. The number of hydrogen-bond donors (Lipinski definition) is 2. The minimum absolute atomic E-state index is 0.0462. The molecule has 0 atom stereocenters. The summed E-state index contributed by atoms with van der Waals surface area (Å²) in [7, 11) is -5.42. The Hall–Kier alpha value is -3.57. The van der Waals surface area contributed by atoms with Crippen molar-refractivity contribution in [2.45, 2.75) is 9.79 Å². The number of para-hydroxylation sites is 2. The van der Waals surface area contributed by atoms with Crippen molar-refractivity contribution in [3.63, 3.8) is 0 Å². The average molecular weight is 477 g/mol. The number of nitrogens with one attached hydrogen (secondary N) is 2. The van der Waals surface area contributed by atoms with E-state index in [2.05, 4.69) is 14.2 Å². The molecule has 0 aromatic heterocycles. The van der Waals surface area contributed by atoms with E-state index in [-0.39, 0.29) is 26.7 Å². The van der Waals surface area contributed by atoms with Crippen LogP contribution in [0.1, 0.15) is 10.4 Å². The second kappa shape index (κ2) is 9.28. The van der Waals surface area contributed by atoms with E-state index >= 15 is 0 Å². The molecule has 0 saturated heterocycles. The number of hydrogen-bond acceptors (Lipinski definition) is 7. The van der Waals surface area contributed by atoms with Crippen LogP contribution in [0.15, 0.2) is 82.6 Å². The number of methoxy groups -OCH3 is 2. The second-order valence-corrected chi connectivity index (χ2v) is 9.82. The molecule has 2 N–H and O–H groups in total. The van der Waals surface area contributed by atoms with Gasteiger partial charge < -0.3 is 9.47 Å². The molecule has 0 amide bonds. The summed E-state index contributed by atoms with van der Waals surface area (Å²) in [4.78, 5) is 11.3. The Bertz CT molecular complexity index is 1340. The molecule has 0 heterocycles. The molecule has 0 radical (unpaired) electrons. The van der Waals surface area contributed by atoms with Gasteiger partial charge in [0.25, 0.3) is 20.0 Å². The van der Waals surface area contributed by atoms with E-state index in [9.17, 15) is 21.6 Å². The predicted octanol–water partition coefficient (Wildman–Crippen LogP) is 3.08. The molecular weight excluding hydrogens is 456 g/mol. The summed E-state index contributed by atoms with van der Waals surface area (Å²) < 4.78 is 65.5. The van der Waals surface area contributed by atoms with E-state index in [0.717, 1.165) is 0 Å². The highest BCUT2D eigenvalue weighted by Gasteiger charge is 2.19. The van der Waals surface area contributed by atoms with Gasteiger partial charge in [-0.2, -0.15) is 0 Å². The molecule has 0 fully saturated rings. The van der Waals surface area contributed by atoms with Crippen molar-refractivity contribution in [3.8, 4) is 5.75 Å². The van der Waals surface area contributed by atoms with Gasteiger partial charge in [0, 0.05) is 0 Å². The van der Waals surface area contributed by atoms with Crippen LogP contribution in [0.4, 0.5) is 11.4 Å². The van der Waals surface area contributed by atoms with Gasteiger partial charge in [-0.25, -0.2) is 21.6 Å². The number of sulfonamides is 2. The Labute approximate surface area is 186 Å². The lowest BCUT2D eigenvalue weighted by atomic mass is 10.2. The molecule has 0 unspecified atom stereocenters. The Morgan fingerprint density at radius 3 is 2.06 bits per heavy atom. The first-order valence-corrected chi connectivity index (χ1v) is 12.1. The Morgan fingerprint density at radius 1 is 0.750 bits per heavy atom. The topological polar surface area (TPSA) is 128 Å². The molecule has 0 saturated carbocycles. The van der Waals surface area contributed by atoms with Gasteiger partial charge in [-0.1, -0.05) is 18.2 Å². The van der Waals surface area contributed by atoms with Gasteiger partial charge in [0.1, 0.15) is 5.75 Å². The van der Waals surface area contributed by atoms with Crippen LogP contribution >= 0.6 is 0 Å². The fraction of sp³-hybridized carbons (Fsp3) is 0.0952. The highest BCUT2D eigenvalue weighted by molar-refractivity contribution is 7.93. The third-order valence-electron chi connectivity index (χ3n) is 4.33. The highest BCUT2D eigenvalue weighted by Crippen LogP contribution is 2.27. The third-order valence-corrected chi connectivity index (χ3v) is 7.09. The first kappa shape index (κ1) is 23.1. The van der Waals surface area contributed by atoms with E-state index in [4.69, 9.17) is 4.74 Å². The molecule has 0 spiro atoms. The zero-order valence-corrected chi connectivity index (χ0v) is 18.7. The number of carbonyl (C=O) groups is 1. The summed E-state index contributed by atoms with van der Waals surface area (Å²) >= 11 is 0. The first-order valence-electron chi connectivity index (χ1n) is 9.13. The van der Waals surface area contributed by atoms with Gasteiger partial charge in [0.15, 0.2) is 0 Å². The van der Waals surface area contributed by atoms with E-state index in [0.29, 0.717) is 5.75 Å². The summed E-state index contributed by atoms with van der Waals surface area (Å²) in [6.45, 7) is 0. The quantitative estimate of drug-likeness (QED) is 0.478. The number of ether oxygens (including phenoxy) is 2. The Kier molecular flexibility index (Phi) is 6.70. The lowest BCUT2D eigenvalue weighted by Gasteiger charge is -2.13. The summed E-state index contributed by atoms with van der Waals surface area (Å²) in [5.41, 5.74) is 0.485. The van der Waals surface area contributed by atoms with Gasteiger partial charge in [-0.3, -0.25) is 9.44 Å². The van der Waals surface area contributed by atoms with Crippen molar-refractivity contribution < 1.29 is 31.1 Å². The number of esters is 1. The van der Waals surface area contributed by atoms with Crippen LogP contribution in [0.2, 0.25) is 0 Å². The molecule has 0 aliphatic carbocycles. The van der Waals surface area contributed by atoms with E-state index in [1.807, 2.05) is 0 Å². The number of anilines is 2. The zero-order chi connectivity index (χ0) is 23.4. The zero-order valence-electron chi connectivity index (χ0n) is 17.1. The Balaban J connectivity index is 1.84. The summed E-state index contributed by atoms with van der Waals surface area (Å²) in [5, 5.41) is 0. The molecule has 168 valence electrons. The molecule has 0 aliphatic rings. The van der Waals surface area contributed by atoms with E-state index in [1.54, 1.807) is 24.3 Å². The van der Waals surface area contributed by atoms with Crippen LogP contribution in [0.3, 0.4) is 0 Å². The van der Waals surface area contributed by atoms with Crippen LogP contribution in [-0.2, 0) is 24.8 Å². The van der Waals surface area contributed by atoms with Crippen molar-refractivity contribution >= 4 is 37.4 Å². The maximum absolute atomic E-state index is 12.8. The largest absolute Gasteiger partial charge is 0.495 e. The maximum atomic E-state index is 12.8. The molecule has 0 aliphatic heterocycles. The third kappa shape index (κ3) is 5.18. The normalized spacial score (nSPS) is 11.4. The van der Waals surface area contributed by atoms with Crippen molar-refractivity contribution in [2.24, 2.45) is 0 Å².